The second-order valence-electron chi connectivity index (χ2n) is 7.63. The van der Waals surface area contributed by atoms with Crippen molar-refractivity contribution in [1.29, 1.82) is 0 Å². The molecule has 1 heterocycles. The number of aromatic nitrogens is 1. The third-order valence-electron chi connectivity index (χ3n) is 5.41. The molecular weight excluding hydrogens is 396 g/mol. The number of hydrogen-bond donors (Lipinski definition) is 1. The van der Waals surface area contributed by atoms with Crippen LogP contribution < -0.4 is 10.1 Å². The Hall–Kier alpha value is -3.66. The zero-order valence-corrected chi connectivity index (χ0v) is 19.2. The lowest BCUT2D eigenvalue weighted by atomic mass is 10.00. The van der Waals surface area contributed by atoms with Crippen LogP contribution in [-0.2, 0) is 11.4 Å². The summed E-state index contributed by atoms with van der Waals surface area (Å²) in [5.74, 6) is 0.758. The highest BCUT2D eigenvalue weighted by molar-refractivity contribution is 5.96. The molecular formula is C28H30N2O2. The van der Waals surface area contributed by atoms with Crippen molar-refractivity contribution in [2.45, 2.75) is 33.8 Å². The number of likely N-dealkylation sites (N-methyl/N-ethyl adjacent to an activating group) is 1. The second kappa shape index (κ2) is 11.1. The van der Waals surface area contributed by atoms with E-state index in [0.29, 0.717) is 18.9 Å². The van der Waals surface area contributed by atoms with Crippen LogP contribution in [0.15, 0.2) is 90.3 Å². The van der Waals surface area contributed by atoms with Crippen molar-refractivity contribution in [1.82, 2.24) is 10.3 Å². The first-order chi connectivity index (χ1) is 15.5. The van der Waals surface area contributed by atoms with Gasteiger partial charge in [0.15, 0.2) is 5.78 Å². The van der Waals surface area contributed by atoms with E-state index in [4.69, 9.17) is 4.74 Å². The van der Waals surface area contributed by atoms with Gasteiger partial charge < -0.3 is 10.1 Å². The number of Topliss-reactive ketones (excluding diaryl/α,β-unsaturated/α-hetero) is 1. The van der Waals surface area contributed by atoms with Gasteiger partial charge >= 0.3 is 0 Å². The molecule has 4 nitrogen and oxygen atoms in total. The van der Waals surface area contributed by atoms with E-state index in [2.05, 4.69) is 41.5 Å². The average Bonchev–Trinajstić information content (AvgIpc) is 2.86. The van der Waals surface area contributed by atoms with E-state index in [9.17, 15) is 4.79 Å². The number of nitrogens with one attached hydrogen (secondary N) is 1. The quantitative estimate of drug-likeness (QED) is 0.327. The number of ketones is 1. The Balaban J connectivity index is 1.70. The zero-order chi connectivity index (χ0) is 22.9. The van der Waals surface area contributed by atoms with Crippen LogP contribution in [0, 0.1) is 0 Å². The van der Waals surface area contributed by atoms with Crippen LogP contribution in [-0.4, -0.2) is 17.8 Å². The van der Waals surface area contributed by atoms with Crippen molar-refractivity contribution in [3.63, 3.8) is 0 Å². The molecule has 164 valence electrons. The molecule has 1 N–H and O–H groups in total. The summed E-state index contributed by atoms with van der Waals surface area (Å²) in [7, 11) is 1.84. The van der Waals surface area contributed by atoms with Gasteiger partial charge in [-0.2, -0.15) is 0 Å². The average molecular weight is 427 g/mol. The predicted octanol–water partition coefficient (Wildman–Crippen LogP) is 6.20. The van der Waals surface area contributed by atoms with Crippen LogP contribution in [0.4, 0.5) is 0 Å². The fourth-order valence-electron chi connectivity index (χ4n) is 3.38. The first-order valence-electron chi connectivity index (χ1n) is 10.9. The molecule has 0 aliphatic carbocycles. The summed E-state index contributed by atoms with van der Waals surface area (Å²) in [6, 6.07) is 22.3. The smallest absolute Gasteiger partial charge is 0.213 e. The Labute approximate surface area is 190 Å². The number of benzene rings is 2. The molecule has 4 heteroatoms. The Morgan fingerprint density at radius 1 is 0.969 bits per heavy atom. The highest BCUT2D eigenvalue weighted by atomic mass is 16.5. The Morgan fingerprint density at radius 3 is 2.25 bits per heavy atom. The third-order valence-corrected chi connectivity index (χ3v) is 5.41. The Morgan fingerprint density at radius 2 is 1.66 bits per heavy atom. The molecule has 32 heavy (non-hydrogen) atoms. The van der Waals surface area contributed by atoms with E-state index in [1.165, 1.54) is 0 Å². The summed E-state index contributed by atoms with van der Waals surface area (Å²) in [6.07, 6.45) is 4.36. The molecule has 0 saturated carbocycles. The van der Waals surface area contributed by atoms with Gasteiger partial charge in [-0.15, -0.1) is 0 Å². The monoisotopic (exact) mass is 426 g/mol. The summed E-state index contributed by atoms with van der Waals surface area (Å²) >= 11 is 0. The van der Waals surface area contributed by atoms with Crippen molar-refractivity contribution >= 4 is 11.4 Å². The largest absolute Gasteiger partial charge is 0.473 e. The lowest BCUT2D eigenvalue weighted by Crippen LogP contribution is -2.11. The number of carbonyl (C=O) groups is 1. The van der Waals surface area contributed by atoms with Gasteiger partial charge in [-0.1, -0.05) is 61.5 Å². The summed E-state index contributed by atoms with van der Waals surface area (Å²) in [4.78, 5) is 16.5. The van der Waals surface area contributed by atoms with Crippen molar-refractivity contribution in [2.24, 2.45) is 0 Å². The molecule has 2 aromatic carbocycles. The van der Waals surface area contributed by atoms with E-state index >= 15 is 0 Å². The summed E-state index contributed by atoms with van der Waals surface area (Å²) in [6.45, 7) is 6.30. The molecule has 0 unspecified atom stereocenters. The van der Waals surface area contributed by atoms with Crippen molar-refractivity contribution in [3.8, 4) is 17.0 Å². The number of carbonyl (C=O) groups excluding carboxylic acids is 1. The zero-order valence-electron chi connectivity index (χ0n) is 19.2. The van der Waals surface area contributed by atoms with Gasteiger partial charge in [0.1, 0.15) is 6.61 Å². The number of ether oxygens (including phenoxy) is 1. The molecule has 0 aliphatic heterocycles. The van der Waals surface area contributed by atoms with Gasteiger partial charge in [0.05, 0.1) is 0 Å². The molecule has 0 spiro atoms. The van der Waals surface area contributed by atoms with Crippen molar-refractivity contribution in [3.05, 3.63) is 101 Å². The van der Waals surface area contributed by atoms with E-state index in [1.54, 1.807) is 0 Å². The third kappa shape index (κ3) is 5.94. The lowest BCUT2D eigenvalue weighted by Gasteiger charge is -2.10. The minimum Gasteiger partial charge on any atom is -0.473 e. The standard InChI is InChI=1S/C28H30N2O2/c1-5-27(31)21(3)26(29-4)17-20(2)23-11-13-24(14-12-23)25-15-16-28(30-18-25)32-19-22-9-7-6-8-10-22/h6-18,29H,5,19H2,1-4H3/b20-17+,26-21-. The molecule has 1 aromatic heterocycles. The maximum absolute atomic E-state index is 12.0. The number of hydrogen-bond acceptors (Lipinski definition) is 4. The number of rotatable bonds is 9. The van der Waals surface area contributed by atoms with Gasteiger partial charge in [0.2, 0.25) is 5.88 Å². The van der Waals surface area contributed by atoms with E-state index in [1.807, 2.05) is 75.6 Å². The maximum Gasteiger partial charge on any atom is 0.213 e. The second-order valence-corrected chi connectivity index (χ2v) is 7.63. The minimum absolute atomic E-state index is 0.150. The van der Waals surface area contributed by atoms with Gasteiger partial charge in [-0.25, -0.2) is 4.98 Å². The number of pyridine rings is 1. The minimum atomic E-state index is 0.150. The number of allylic oxidation sites excluding steroid dienone is 3. The summed E-state index contributed by atoms with van der Waals surface area (Å²) < 4.78 is 5.77. The number of nitrogens with zero attached hydrogens (tertiary/aromatic N) is 1. The first kappa shape index (κ1) is 23.0. The predicted molar refractivity (Wildman–Crippen MR) is 131 cm³/mol. The molecule has 0 fully saturated rings. The fourth-order valence-corrected chi connectivity index (χ4v) is 3.38. The molecule has 0 saturated heterocycles. The lowest BCUT2D eigenvalue weighted by molar-refractivity contribution is -0.115. The van der Waals surface area contributed by atoms with E-state index in [-0.39, 0.29) is 5.78 Å². The molecule has 3 aromatic rings. The van der Waals surface area contributed by atoms with Crippen LogP contribution in [0.2, 0.25) is 0 Å². The molecule has 0 atom stereocenters. The topological polar surface area (TPSA) is 51.2 Å². The van der Waals surface area contributed by atoms with Crippen molar-refractivity contribution < 1.29 is 9.53 Å². The molecule has 0 bridgehead atoms. The summed E-state index contributed by atoms with van der Waals surface area (Å²) in [5.41, 5.74) is 7.04. The van der Waals surface area contributed by atoms with Gasteiger partial charge in [0, 0.05) is 42.6 Å². The SMILES string of the molecule is CCC(=O)/C(C)=C(/C=C(\C)c1ccc(-c2ccc(OCc3ccccc3)nc2)cc1)NC. The highest BCUT2D eigenvalue weighted by Crippen LogP contribution is 2.24. The molecule has 0 radical (unpaired) electrons. The Kier molecular flexibility index (Phi) is 7.98. The fraction of sp³-hybridized carbons (Fsp3) is 0.214. The summed E-state index contributed by atoms with van der Waals surface area (Å²) in [5, 5.41) is 3.14. The van der Waals surface area contributed by atoms with E-state index in [0.717, 1.165) is 39.1 Å². The Bertz CT molecular complexity index is 1100. The van der Waals surface area contributed by atoms with Gasteiger partial charge in [-0.05, 0) is 48.3 Å². The van der Waals surface area contributed by atoms with Gasteiger partial charge in [-0.3, -0.25) is 4.79 Å². The highest BCUT2D eigenvalue weighted by Gasteiger charge is 2.08. The van der Waals surface area contributed by atoms with Gasteiger partial charge in [0.25, 0.3) is 0 Å². The van der Waals surface area contributed by atoms with Crippen LogP contribution in [0.3, 0.4) is 0 Å². The first-order valence-corrected chi connectivity index (χ1v) is 10.9. The van der Waals surface area contributed by atoms with Crippen LogP contribution in [0.25, 0.3) is 16.7 Å². The van der Waals surface area contributed by atoms with Crippen LogP contribution in [0.5, 0.6) is 5.88 Å². The normalized spacial score (nSPS) is 12.2. The molecule has 0 aliphatic rings. The van der Waals surface area contributed by atoms with Crippen LogP contribution >= 0.6 is 0 Å². The van der Waals surface area contributed by atoms with E-state index < -0.39 is 0 Å². The molecule has 3 rings (SSSR count). The molecule has 0 amide bonds. The van der Waals surface area contributed by atoms with Crippen LogP contribution in [0.1, 0.15) is 38.3 Å². The maximum atomic E-state index is 12.0. The van der Waals surface area contributed by atoms with Crippen molar-refractivity contribution in [2.75, 3.05) is 7.05 Å².